The first-order valence-corrected chi connectivity index (χ1v) is 14.0. The number of Topliss-reactive ketones (excluding diaryl/α,β-unsaturated/α-hetero) is 2. The average Bonchev–Trinajstić information content (AvgIpc) is 2.79. The fourth-order valence-corrected chi connectivity index (χ4v) is 6.51. The second kappa shape index (κ2) is 9.33. The Labute approximate surface area is 225 Å². The first-order chi connectivity index (χ1) is 17.9. The van der Waals surface area contributed by atoms with Gasteiger partial charge < -0.3 is 31.1 Å². The minimum atomic E-state index is -3.64. The summed E-state index contributed by atoms with van der Waals surface area (Å²) >= 11 is 0. The third-order valence-electron chi connectivity index (χ3n) is 7.78. The van der Waals surface area contributed by atoms with E-state index in [4.69, 9.17) is 5.73 Å². The molecule has 0 aromatic heterocycles. The molecular formula is C25H32N4O9S. The van der Waals surface area contributed by atoms with Gasteiger partial charge in [-0.2, -0.15) is 0 Å². The average molecular weight is 565 g/mol. The summed E-state index contributed by atoms with van der Waals surface area (Å²) in [6.45, 7) is -0.318. The lowest BCUT2D eigenvalue weighted by atomic mass is 9.58. The second-order valence-corrected chi connectivity index (χ2v) is 12.5. The van der Waals surface area contributed by atoms with Crippen LogP contribution < -0.4 is 15.4 Å². The highest BCUT2D eigenvalue weighted by Gasteiger charge is 2.63. The summed E-state index contributed by atoms with van der Waals surface area (Å²) < 4.78 is 25.6. The lowest BCUT2D eigenvalue weighted by molar-refractivity contribution is -0.148. The van der Waals surface area contributed by atoms with Gasteiger partial charge in [-0.05, 0) is 44.5 Å². The van der Waals surface area contributed by atoms with Crippen LogP contribution >= 0.6 is 0 Å². The number of aromatic hydroxyl groups is 1. The normalized spacial score (nSPS) is 26.9. The summed E-state index contributed by atoms with van der Waals surface area (Å²) in [4.78, 5) is 42.6. The molecule has 0 bridgehead atoms. The first-order valence-electron chi connectivity index (χ1n) is 12.1. The van der Waals surface area contributed by atoms with Crippen molar-refractivity contribution < 1.29 is 43.2 Å². The van der Waals surface area contributed by atoms with Crippen molar-refractivity contribution in [1.82, 2.24) is 9.62 Å². The van der Waals surface area contributed by atoms with Gasteiger partial charge in [-0.15, -0.1) is 0 Å². The van der Waals surface area contributed by atoms with Crippen LogP contribution in [0.3, 0.4) is 0 Å². The van der Waals surface area contributed by atoms with Gasteiger partial charge in [-0.25, -0.2) is 13.1 Å². The molecule has 0 saturated heterocycles. The Morgan fingerprint density at radius 3 is 2.31 bits per heavy atom. The van der Waals surface area contributed by atoms with Crippen molar-refractivity contribution in [1.29, 1.82) is 0 Å². The number of benzene rings is 1. The van der Waals surface area contributed by atoms with Crippen LogP contribution in [0.2, 0.25) is 0 Å². The highest BCUT2D eigenvalue weighted by atomic mass is 32.2. The number of phenols is 1. The molecule has 13 nitrogen and oxygen atoms in total. The lowest BCUT2D eigenvalue weighted by Gasteiger charge is -2.50. The molecule has 212 valence electrons. The van der Waals surface area contributed by atoms with E-state index < -0.39 is 73.8 Å². The third-order valence-corrected chi connectivity index (χ3v) is 8.45. The van der Waals surface area contributed by atoms with E-state index in [1.165, 1.54) is 4.90 Å². The predicted molar refractivity (Wildman–Crippen MR) is 140 cm³/mol. The molecule has 4 rings (SSSR count). The number of likely N-dealkylation sites (N-methyl/N-ethyl adjacent to an activating group) is 1. The highest BCUT2D eigenvalue weighted by Crippen LogP contribution is 2.53. The molecule has 0 saturated carbocycles. The Hall–Kier alpha value is -3.46. The highest BCUT2D eigenvalue weighted by molar-refractivity contribution is 7.88. The van der Waals surface area contributed by atoms with Crippen molar-refractivity contribution in [2.75, 3.05) is 39.3 Å². The van der Waals surface area contributed by atoms with Gasteiger partial charge in [0.1, 0.15) is 22.8 Å². The van der Waals surface area contributed by atoms with E-state index in [2.05, 4.69) is 4.72 Å². The number of carbonyl (C=O) groups excluding carboxylic acids is 3. The number of ketones is 2. The van der Waals surface area contributed by atoms with Crippen molar-refractivity contribution in [3.63, 3.8) is 0 Å². The number of allylic oxidation sites excluding steroid dienone is 1. The standard InChI is InChI=1S/C25H32N4O9S/c1-28(2)14-8-11(9-27-39(5,37)38)19(30)16-12(14)6-10-7-13-18(29(3)4)21(32)17(24(26)35)23(34)25(13,36)22(33)15(10)20(16)31/h8,10,13,18,27,30,32-33,36H,6-7,9H2,1-5H3,(H2,26,35)/t10-,13-,18-,25-/m0/s1. The lowest BCUT2D eigenvalue weighted by Crippen LogP contribution is -2.63. The topological polar surface area (TPSA) is 211 Å². The van der Waals surface area contributed by atoms with Gasteiger partial charge in [0.25, 0.3) is 5.91 Å². The number of phenolic OH excluding ortho intramolecular Hbond substituents is 1. The molecule has 0 unspecified atom stereocenters. The SMILES string of the molecule is CN(C)c1cc(CNS(C)(=O)=O)c(O)c2c1C[C@H]1C[C@H]3[C@H](N(C)C)C(O)=C(C(N)=O)C(=O)[C@@]3(O)C(O)=C1C2=O. The minimum Gasteiger partial charge on any atom is -0.510 e. The smallest absolute Gasteiger partial charge is 0.255 e. The molecule has 0 radical (unpaired) electrons. The van der Waals surface area contributed by atoms with Gasteiger partial charge in [0.05, 0.1) is 17.9 Å². The summed E-state index contributed by atoms with van der Waals surface area (Å²) in [5.74, 6) is -7.40. The molecule has 3 aliphatic rings. The maximum atomic E-state index is 13.9. The summed E-state index contributed by atoms with van der Waals surface area (Å²) in [7, 11) is 2.90. The summed E-state index contributed by atoms with van der Waals surface area (Å²) in [6.07, 6.45) is 1.04. The molecule has 0 fully saturated rings. The van der Waals surface area contributed by atoms with E-state index in [1.807, 2.05) is 0 Å². The number of fused-ring (bicyclic) bond motifs is 3. The second-order valence-electron chi connectivity index (χ2n) is 10.7. The van der Waals surface area contributed by atoms with Gasteiger partial charge in [-0.3, -0.25) is 19.3 Å². The number of rotatable bonds is 6. The zero-order valence-corrected chi connectivity index (χ0v) is 23.0. The summed E-state index contributed by atoms with van der Waals surface area (Å²) in [6, 6.07) is 0.481. The van der Waals surface area contributed by atoms with Crippen molar-refractivity contribution in [2.45, 2.75) is 31.0 Å². The minimum absolute atomic E-state index is 0.0310. The number of nitrogens with zero attached hydrogens (tertiary/aromatic N) is 2. The Kier molecular flexibility index (Phi) is 6.83. The number of aliphatic hydroxyl groups excluding tert-OH is 2. The number of nitrogens with one attached hydrogen (secondary N) is 1. The van der Waals surface area contributed by atoms with E-state index in [9.17, 15) is 43.2 Å². The summed E-state index contributed by atoms with van der Waals surface area (Å²) in [5, 5.41) is 45.0. The molecule has 14 heteroatoms. The molecule has 39 heavy (non-hydrogen) atoms. The van der Waals surface area contributed by atoms with Crippen LogP contribution in [0, 0.1) is 11.8 Å². The zero-order chi connectivity index (χ0) is 29.4. The quantitative estimate of drug-likeness (QED) is 0.236. The van der Waals surface area contributed by atoms with E-state index in [-0.39, 0.29) is 36.1 Å². The van der Waals surface area contributed by atoms with Crippen LogP contribution in [0.25, 0.3) is 0 Å². The van der Waals surface area contributed by atoms with Crippen molar-refractivity contribution in [2.24, 2.45) is 17.6 Å². The number of anilines is 1. The number of sulfonamides is 1. The van der Waals surface area contributed by atoms with Gasteiger partial charge >= 0.3 is 0 Å². The van der Waals surface area contributed by atoms with Gasteiger partial charge in [0, 0.05) is 43.4 Å². The van der Waals surface area contributed by atoms with Crippen LogP contribution in [0.1, 0.15) is 27.9 Å². The Morgan fingerprint density at radius 2 is 1.79 bits per heavy atom. The van der Waals surface area contributed by atoms with Crippen LogP contribution in [0.4, 0.5) is 5.69 Å². The number of hydrogen-bond acceptors (Lipinski definition) is 11. The zero-order valence-electron chi connectivity index (χ0n) is 22.1. The number of hydrogen-bond donors (Lipinski definition) is 6. The molecule has 3 aliphatic carbocycles. The number of amides is 1. The van der Waals surface area contributed by atoms with Gasteiger partial charge in [-0.1, -0.05) is 0 Å². The molecule has 0 heterocycles. The van der Waals surface area contributed by atoms with Crippen molar-refractivity contribution >= 4 is 33.2 Å². The Morgan fingerprint density at radius 1 is 1.18 bits per heavy atom. The Bertz CT molecular complexity index is 1480. The molecule has 1 aromatic rings. The molecule has 0 spiro atoms. The van der Waals surface area contributed by atoms with E-state index in [1.54, 1.807) is 39.2 Å². The van der Waals surface area contributed by atoms with Crippen LogP contribution in [0.15, 0.2) is 28.7 Å². The van der Waals surface area contributed by atoms with Crippen LogP contribution in [0.5, 0.6) is 5.75 Å². The molecule has 0 aliphatic heterocycles. The van der Waals surface area contributed by atoms with E-state index in [0.29, 0.717) is 11.3 Å². The predicted octanol–water partition coefficient (Wildman–Crippen LogP) is -0.764. The van der Waals surface area contributed by atoms with Crippen LogP contribution in [-0.2, 0) is 32.6 Å². The third kappa shape index (κ3) is 4.27. The van der Waals surface area contributed by atoms with E-state index >= 15 is 0 Å². The first kappa shape index (κ1) is 28.5. The number of carbonyl (C=O) groups is 3. The fourth-order valence-electron chi connectivity index (χ4n) is 6.10. The summed E-state index contributed by atoms with van der Waals surface area (Å²) in [5.41, 5.74) is 2.33. The molecule has 7 N–H and O–H groups in total. The number of primary amides is 1. The number of nitrogens with two attached hydrogens (primary N) is 1. The molecule has 4 atom stereocenters. The van der Waals surface area contributed by atoms with E-state index in [0.717, 1.165) is 6.26 Å². The largest absolute Gasteiger partial charge is 0.510 e. The fraction of sp³-hybridized carbons (Fsp3) is 0.480. The van der Waals surface area contributed by atoms with Gasteiger partial charge in [0.15, 0.2) is 11.4 Å². The molecule has 1 amide bonds. The van der Waals surface area contributed by atoms with Crippen molar-refractivity contribution in [3.05, 3.63) is 45.4 Å². The van der Waals surface area contributed by atoms with Gasteiger partial charge in [0.2, 0.25) is 15.8 Å². The number of aliphatic hydroxyl groups is 3. The van der Waals surface area contributed by atoms with Crippen LogP contribution in [-0.4, -0.2) is 97.3 Å². The monoisotopic (exact) mass is 564 g/mol. The molecule has 1 aromatic carbocycles. The molecular weight excluding hydrogens is 532 g/mol. The Balaban J connectivity index is 1.95. The maximum Gasteiger partial charge on any atom is 0.255 e. The van der Waals surface area contributed by atoms with Crippen molar-refractivity contribution in [3.8, 4) is 5.75 Å². The maximum absolute atomic E-state index is 13.9.